The van der Waals surface area contributed by atoms with Gasteiger partial charge in [-0.05, 0) is 46.1 Å². The Morgan fingerprint density at radius 3 is 2.38 bits per heavy atom. The van der Waals surface area contributed by atoms with Gasteiger partial charge >= 0.3 is 7.12 Å². The van der Waals surface area contributed by atoms with Gasteiger partial charge in [-0.15, -0.1) is 0 Å². The van der Waals surface area contributed by atoms with Crippen LogP contribution in [0.5, 0.6) is 5.75 Å². The van der Waals surface area contributed by atoms with Gasteiger partial charge in [-0.25, -0.2) is 0 Å². The molecule has 1 saturated heterocycles. The standard InChI is InChI=1S/C15H23BN2O3/c1-14(2)15(3,4)21-16(20-14)13-10(7-17)8-18-9-12(13)19-11-5-6-11/h8-9,11H,5-7,17H2,1-4H3. The van der Waals surface area contributed by atoms with Gasteiger partial charge in [-0.1, -0.05) is 0 Å². The Hall–Kier alpha value is -1.11. The average molecular weight is 290 g/mol. The fourth-order valence-electron chi connectivity index (χ4n) is 2.34. The summed E-state index contributed by atoms with van der Waals surface area (Å²) in [6.07, 6.45) is 5.98. The highest BCUT2D eigenvalue weighted by Gasteiger charge is 2.53. The van der Waals surface area contributed by atoms with E-state index in [0.29, 0.717) is 12.6 Å². The van der Waals surface area contributed by atoms with E-state index < -0.39 is 7.12 Å². The highest BCUT2D eigenvalue weighted by Crippen LogP contribution is 2.38. The number of pyridine rings is 1. The molecule has 5 nitrogen and oxygen atoms in total. The van der Waals surface area contributed by atoms with Crippen molar-refractivity contribution < 1.29 is 14.0 Å². The van der Waals surface area contributed by atoms with Crippen molar-refractivity contribution in [1.82, 2.24) is 4.98 Å². The Morgan fingerprint density at radius 2 is 1.86 bits per heavy atom. The number of rotatable bonds is 4. The van der Waals surface area contributed by atoms with Crippen LogP contribution in [0, 0.1) is 0 Å². The zero-order valence-electron chi connectivity index (χ0n) is 13.2. The van der Waals surface area contributed by atoms with E-state index in [1.807, 2.05) is 27.7 Å². The minimum absolute atomic E-state index is 0.293. The summed E-state index contributed by atoms with van der Waals surface area (Å²) in [6.45, 7) is 8.54. The van der Waals surface area contributed by atoms with Crippen LogP contribution in [-0.2, 0) is 15.9 Å². The maximum absolute atomic E-state index is 6.15. The van der Waals surface area contributed by atoms with Gasteiger partial charge in [-0.2, -0.15) is 0 Å². The summed E-state index contributed by atoms with van der Waals surface area (Å²) in [5.74, 6) is 0.735. The highest BCUT2D eigenvalue weighted by atomic mass is 16.7. The summed E-state index contributed by atoms with van der Waals surface area (Å²) in [6, 6.07) is 0. The van der Waals surface area contributed by atoms with Crippen molar-refractivity contribution in [3.63, 3.8) is 0 Å². The topological polar surface area (TPSA) is 66.6 Å². The van der Waals surface area contributed by atoms with Crippen LogP contribution in [0.3, 0.4) is 0 Å². The Kier molecular flexibility index (Phi) is 3.51. The minimum atomic E-state index is -0.467. The SMILES string of the molecule is CC1(C)OB(c2c(CN)cncc2OC2CC2)OC1(C)C. The molecule has 21 heavy (non-hydrogen) atoms. The lowest BCUT2D eigenvalue weighted by molar-refractivity contribution is 0.00578. The maximum atomic E-state index is 6.15. The lowest BCUT2D eigenvalue weighted by Crippen LogP contribution is -2.41. The third-order valence-corrected chi connectivity index (χ3v) is 4.56. The number of ether oxygens (including phenoxy) is 1. The van der Waals surface area contributed by atoms with Gasteiger partial charge in [0.25, 0.3) is 0 Å². The van der Waals surface area contributed by atoms with E-state index in [4.69, 9.17) is 19.8 Å². The summed E-state index contributed by atoms with van der Waals surface area (Å²) in [4.78, 5) is 4.22. The van der Waals surface area contributed by atoms with Gasteiger partial charge in [0.1, 0.15) is 5.75 Å². The van der Waals surface area contributed by atoms with Crippen LogP contribution >= 0.6 is 0 Å². The Morgan fingerprint density at radius 1 is 1.24 bits per heavy atom. The van der Waals surface area contributed by atoms with Crippen molar-refractivity contribution in [2.24, 2.45) is 5.73 Å². The van der Waals surface area contributed by atoms with E-state index >= 15 is 0 Å². The van der Waals surface area contributed by atoms with Crippen molar-refractivity contribution in [2.75, 3.05) is 0 Å². The van der Waals surface area contributed by atoms with Gasteiger partial charge in [0, 0.05) is 18.2 Å². The molecule has 1 aliphatic carbocycles. The molecule has 2 heterocycles. The van der Waals surface area contributed by atoms with Crippen LogP contribution in [0.2, 0.25) is 0 Å². The molecule has 114 valence electrons. The molecule has 2 N–H and O–H groups in total. The molecule has 1 aromatic heterocycles. The molecule has 2 aliphatic rings. The monoisotopic (exact) mass is 290 g/mol. The van der Waals surface area contributed by atoms with Gasteiger partial charge < -0.3 is 19.8 Å². The van der Waals surface area contributed by atoms with Crippen molar-refractivity contribution in [2.45, 2.75) is 64.4 Å². The molecule has 1 aromatic rings. The predicted molar refractivity (Wildman–Crippen MR) is 81.5 cm³/mol. The Balaban J connectivity index is 1.97. The average Bonchev–Trinajstić information content (AvgIpc) is 3.17. The molecule has 0 spiro atoms. The second kappa shape index (κ2) is 4.97. The quantitative estimate of drug-likeness (QED) is 0.849. The number of nitrogens with zero attached hydrogens (tertiary/aromatic N) is 1. The van der Waals surface area contributed by atoms with Crippen LogP contribution in [0.4, 0.5) is 0 Å². The van der Waals surface area contributed by atoms with Crippen LogP contribution in [0.15, 0.2) is 12.4 Å². The predicted octanol–water partition coefficient (Wildman–Crippen LogP) is 1.38. The van der Waals surface area contributed by atoms with Gasteiger partial charge in [0.15, 0.2) is 0 Å². The van der Waals surface area contributed by atoms with Gasteiger partial charge in [0.2, 0.25) is 0 Å². The van der Waals surface area contributed by atoms with Crippen molar-refractivity contribution in [1.29, 1.82) is 0 Å². The lowest BCUT2D eigenvalue weighted by atomic mass is 9.76. The summed E-state index contributed by atoms with van der Waals surface area (Å²) in [7, 11) is -0.467. The summed E-state index contributed by atoms with van der Waals surface area (Å²) < 4.78 is 18.3. The van der Waals surface area contributed by atoms with Crippen molar-refractivity contribution >= 4 is 12.6 Å². The molecular formula is C15H23BN2O3. The maximum Gasteiger partial charge on any atom is 0.499 e. The second-order valence-electron chi connectivity index (χ2n) is 6.82. The molecule has 2 fully saturated rings. The first kappa shape index (κ1) is 14.8. The largest absolute Gasteiger partial charge is 0.499 e. The van der Waals surface area contributed by atoms with Crippen molar-refractivity contribution in [3.05, 3.63) is 18.0 Å². The second-order valence-corrected chi connectivity index (χ2v) is 6.82. The minimum Gasteiger partial charge on any atom is -0.489 e. The molecule has 0 unspecified atom stereocenters. The van der Waals surface area contributed by atoms with Crippen LogP contribution in [0.1, 0.15) is 46.1 Å². The normalized spacial score (nSPS) is 23.4. The van der Waals surface area contributed by atoms with Crippen LogP contribution in [-0.4, -0.2) is 29.4 Å². The van der Waals surface area contributed by atoms with Crippen LogP contribution < -0.4 is 15.9 Å². The zero-order chi connectivity index (χ0) is 15.3. The molecule has 0 bridgehead atoms. The fraction of sp³-hybridized carbons (Fsp3) is 0.667. The van der Waals surface area contributed by atoms with E-state index in [9.17, 15) is 0 Å². The van der Waals surface area contributed by atoms with E-state index in [0.717, 1.165) is 29.6 Å². The first-order valence-electron chi connectivity index (χ1n) is 7.53. The summed E-state index contributed by atoms with van der Waals surface area (Å²) >= 11 is 0. The molecule has 0 radical (unpaired) electrons. The summed E-state index contributed by atoms with van der Waals surface area (Å²) in [5, 5.41) is 0. The highest BCUT2D eigenvalue weighted by molar-refractivity contribution is 6.63. The third-order valence-electron chi connectivity index (χ3n) is 4.56. The van der Waals surface area contributed by atoms with E-state index in [1.54, 1.807) is 12.4 Å². The smallest absolute Gasteiger partial charge is 0.489 e. The first-order chi connectivity index (χ1) is 9.84. The van der Waals surface area contributed by atoms with E-state index in [1.165, 1.54) is 0 Å². The molecule has 0 amide bonds. The fourth-order valence-corrected chi connectivity index (χ4v) is 2.34. The van der Waals surface area contributed by atoms with Gasteiger partial charge in [-0.3, -0.25) is 4.98 Å². The number of nitrogens with two attached hydrogens (primary N) is 1. The zero-order valence-corrected chi connectivity index (χ0v) is 13.2. The van der Waals surface area contributed by atoms with Crippen molar-refractivity contribution in [3.8, 4) is 5.75 Å². The first-order valence-corrected chi connectivity index (χ1v) is 7.53. The van der Waals surface area contributed by atoms with Gasteiger partial charge in [0.05, 0.1) is 23.5 Å². The molecule has 1 aliphatic heterocycles. The summed E-state index contributed by atoms with van der Waals surface area (Å²) in [5.41, 5.74) is 6.89. The van der Waals surface area contributed by atoms with Crippen LogP contribution in [0.25, 0.3) is 0 Å². The molecule has 3 rings (SSSR count). The third kappa shape index (κ3) is 2.68. The number of hydrogen-bond acceptors (Lipinski definition) is 5. The Labute approximate surface area is 126 Å². The molecular weight excluding hydrogens is 267 g/mol. The number of aromatic nitrogens is 1. The Bertz CT molecular complexity index is 528. The molecule has 6 heteroatoms. The molecule has 0 aromatic carbocycles. The van der Waals surface area contributed by atoms with E-state index in [-0.39, 0.29) is 11.2 Å². The number of hydrogen-bond donors (Lipinski definition) is 1. The van der Waals surface area contributed by atoms with E-state index in [2.05, 4.69) is 4.98 Å². The lowest BCUT2D eigenvalue weighted by Gasteiger charge is -2.32. The molecule has 0 atom stereocenters. The molecule has 1 saturated carbocycles.